The first kappa shape index (κ1) is 16.9. The van der Waals surface area contributed by atoms with Crippen LogP contribution in [0.1, 0.15) is 44.0 Å². The molecule has 1 atom stereocenters. The van der Waals surface area contributed by atoms with E-state index in [0.29, 0.717) is 11.6 Å². The van der Waals surface area contributed by atoms with Crippen molar-refractivity contribution in [2.24, 2.45) is 5.92 Å². The van der Waals surface area contributed by atoms with Crippen LogP contribution >= 0.6 is 0 Å². The van der Waals surface area contributed by atoms with Crippen molar-refractivity contribution in [2.75, 3.05) is 12.4 Å². The molecule has 0 radical (unpaired) electrons. The minimum Gasteiger partial charge on any atom is -0.377 e. The van der Waals surface area contributed by atoms with Gasteiger partial charge in [0.05, 0.1) is 4.92 Å². The lowest BCUT2D eigenvalue weighted by atomic mass is 9.95. The molecule has 1 aromatic carbocycles. The van der Waals surface area contributed by atoms with E-state index in [1.807, 2.05) is 6.92 Å². The highest BCUT2D eigenvalue weighted by Gasteiger charge is 2.20. The lowest BCUT2D eigenvalue weighted by Crippen LogP contribution is -2.25. The molecule has 2 N–H and O–H groups in total. The Bertz CT molecular complexity index is 513. The third-order valence-corrected chi connectivity index (χ3v) is 3.82. The molecule has 0 saturated heterocycles. The van der Waals surface area contributed by atoms with Crippen LogP contribution in [0.2, 0.25) is 0 Å². The van der Waals surface area contributed by atoms with Gasteiger partial charge in [-0.1, -0.05) is 26.7 Å². The Hall–Kier alpha value is -2.11. The second-order valence-electron chi connectivity index (χ2n) is 5.08. The van der Waals surface area contributed by atoms with Gasteiger partial charge in [-0.2, -0.15) is 0 Å². The Morgan fingerprint density at radius 1 is 1.33 bits per heavy atom. The van der Waals surface area contributed by atoms with Crippen molar-refractivity contribution in [1.82, 2.24) is 5.32 Å². The highest BCUT2D eigenvalue weighted by Crippen LogP contribution is 2.28. The molecule has 21 heavy (non-hydrogen) atoms. The molecule has 0 heterocycles. The maximum atomic E-state index is 11.6. The summed E-state index contributed by atoms with van der Waals surface area (Å²) in [5.74, 6) is 0.112. The first-order valence-corrected chi connectivity index (χ1v) is 7.21. The monoisotopic (exact) mass is 293 g/mol. The van der Waals surface area contributed by atoms with E-state index in [0.717, 1.165) is 12.8 Å². The maximum absolute atomic E-state index is 11.6. The Kier molecular flexibility index (Phi) is 6.14. The number of amides is 1. The number of benzene rings is 1. The van der Waals surface area contributed by atoms with E-state index in [4.69, 9.17) is 0 Å². The predicted octanol–water partition coefficient (Wildman–Crippen LogP) is 3.19. The second-order valence-corrected chi connectivity index (χ2v) is 5.08. The minimum absolute atomic E-state index is 0.0751. The fourth-order valence-electron chi connectivity index (χ4n) is 2.45. The van der Waals surface area contributed by atoms with Crippen LogP contribution in [0.15, 0.2) is 18.2 Å². The quantitative estimate of drug-likeness (QED) is 0.597. The topological polar surface area (TPSA) is 84.3 Å². The van der Waals surface area contributed by atoms with E-state index < -0.39 is 4.92 Å². The van der Waals surface area contributed by atoms with Gasteiger partial charge >= 0.3 is 0 Å². The molecule has 0 bridgehead atoms. The number of carbonyl (C=O) groups is 1. The molecule has 0 aliphatic carbocycles. The molecule has 1 rings (SSSR count). The van der Waals surface area contributed by atoms with Gasteiger partial charge in [0.15, 0.2) is 0 Å². The van der Waals surface area contributed by atoms with Crippen molar-refractivity contribution in [3.63, 3.8) is 0 Å². The fourth-order valence-corrected chi connectivity index (χ4v) is 2.45. The standard InChI is InChI=1S/C15H23N3O3/c1-5-11(6-2)10(3)17-13-8-7-12(15(19)16-4)9-14(13)18(20)21/h7-11,17H,5-6H2,1-4H3,(H,16,19). The summed E-state index contributed by atoms with van der Waals surface area (Å²) >= 11 is 0. The van der Waals surface area contributed by atoms with Gasteiger partial charge in [-0.3, -0.25) is 14.9 Å². The van der Waals surface area contributed by atoms with Gasteiger partial charge < -0.3 is 10.6 Å². The number of anilines is 1. The van der Waals surface area contributed by atoms with E-state index >= 15 is 0 Å². The van der Waals surface area contributed by atoms with Crippen LogP contribution in [0.25, 0.3) is 0 Å². The van der Waals surface area contributed by atoms with Crippen LogP contribution in [0, 0.1) is 16.0 Å². The zero-order chi connectivity index (χ0) is 16.0. The van der Waals surface area contributed by atoms with Crippen LogP contribution in [-0.2, 0) is 0 Å². The average molecular weight is 293 g/mol. The Balaban J connectivity index is 3.07. The number of rotatable bonds is 7. The molecule has 0 aromatic heterocycles. The largest absolute Gasteiger partial charge is 0.377 e. The zero-order valence-electron chi connectivity index (χ0n) is 13.0. The Morgan fingerprint density at radius 3 is 2.43 bits per heavy atom. The summed E-state index contributed by atoms with van der Waals surface area (Å²) in [5.41, 5.74) is 0.658. The van der Waals surface area contributed by atoms with Crippen molar-refractivity contribution >= 4 is 17.3 Å². The molecule has 6 nitrogen and oxygen atoms in total. The normalized spacial score (nSPS) is 12.0. The minimum atomic E-state index is -0.464. The maximum Gasteiger partial charge on any atom is 0.293 e. The molecule has 0 aliphatic heterocycles. The summed E-state index contributed by atoms with van der Waals surface area (Å²) in [6.07, 6.45) is 2.02. The highest BCUT2D eigenvalue weighted by atomic mass is 16.6. The summed E-state index contributed by atoms with van der Waals surface area (Å²) in [7, 11) is 1.50. The molecule has 116 valence electrons. The zero-order valence-corrected chi connectivity index (χ0v) is 13.0. The SMILES string of the molecule is CCC(CC)C(C)Nc1ccc(C(=O)NC)cc1[N+](=O)[O-]. The lowest BCUT2D eigenvalue weighted by molar-refractivity contribution is -0.384. The van der Waals surface area contributed by atoms with Crippen LogP contribution < -0.4 is 10.6 Å². The van der Waals surface area contributed by atoms with Gasteiger partial charge in [-0.25, -0.2) is 0 Å². The third kappa shape index (κ3) is 4.18. The van der Waals surface area contributed by atoms with Gasteiger partial charge in [-0.15, -0.1) is 0 Å². The predicted molar refractivity (Wildman–Crippen MR) is 83.6 cm³/mol. The average Bonchev–Trinajstić information content (AvgIpc) is 2.47. The van der Waals surface area contributed by atoms with E-state index in [1.165, 1.54) is 13.1 Å². The Morgan fingerprint density at radius 2 is 1.95 bits per heavy atom. The molecule has 1 amide bonds. The smallest absolute Gasteiger partial charge is 0.293 e. The number of nitro benzene ring substituents is 1. The molecular formula is C15H23N3O3. The van der Waals surface area contributed by atoms with E-state index in [9.17, 15) is 14.9 Å². The van der Waals surface area contributed by atoms with Crippen LogP contribution in [0.3, 0.4) is 0 Å². The summed E-state index contributed by atoms with van der Waals surface area (Å²) in [4.78, 5) is 22.3. The van der Waals surface area contributed by atoms with Gasteiger partial charge in [0.2, 0.25) is 0 Å². The third-order valence-electron chi connectivity index (χ3n) is 3.82. The molecule has 0 aliphatic rings. The van der Waals surface area contributed by atoms with Crippen molar-refractivity contribution < 1.29 is 9.72 Å². The van der Waals surface area contributed by atoms with E-state index in [1.54, 1.807) is 12.1 Å². The number of hydrogen-bond acceptors (Lipinski definition) is 4. The number of carbonyl (C=O) groups excluding carboxylic acids is 1. The van der Waals surface area contributed by atoms with E-state index in [-0.39, 0.29) is 23.2 Å². The highest BCUT2D eigenvalue weighted by molar-refractivity contribution is 5.95. The van der Waals surface area contributed by atoms with Crippen LogP contribution in [0.4, 0.5) is 11.4 Å². The lowest BCUT2D eigenvalue weighted by Gasteiger charge is -2.23. The molecule has 6 heteroatoms. The number of nitro groups is 1. The van der Waals surface area contributed by atoms with Gasteiger partial charge in [0, 0.05) is 24.7 Å². The second kappa shape index (κ2) is 7.61. The molecule has 0 spiro atoms. The summed E-state index contributed by atoms with van der Waals surface area (Å²) in [5, 5.41) is 16.9. The molecule has 0 fully saturated rings. The number of nitrogens with one attached hydrogen (secondary N) is 2. The first-order chi connectivity index (χ1) is 9.94. The number of nitrogens with zero attached hydrogens (tertiary/aromatic N) is 1. The molecule has 1 unspecified atom stereocenters. The van der Waals surface area contributed by atoms with Crippen molar-refractivity contribution in [3.05, 3.63) is 33.9 Å². The fraction of sp³-hybridized carbons (Fsp3) is 0.533. The van der Waals surface area contributed by atoms with Gasteiger partial charge in [0.1, 0.15) is 5.69 Å². The Labute approximate surface area is 125 Å². The van der Waals surface area contributed by atoms with Crippen LogP contribution in [-0.4, -0.2) is 23.9 Å². The molecule has 0 saturated carbocycles. The van der Waals surface area contributed by atoms with Crippen molar-refractivity contribution in [2.45, 2.75) is 39.7 Å². The molecular weight excluding hydrogens is 270 g/mol. The van der Waals surface area contributed by atoms with E-state index in [2.05, 4.69) is 24.5 Å². The summed E-state index contributed by atoms with van der Waals surface area (Å²) < 4.78 is 0. The summed E-state index contributed by atoms with van der Waals surface area (Å²) in [6.45, 7) is 6.24. The van der Waals surface area contributed by atoms with Crippen molar-refractivity contribution in [3.8, 4) is 0 Å². The van der Waals surface area contributed by atoms with Crippen LogP contribution in [0.5, 0.6) is 0 Å². The number of hydrogen-bond donors (Lipinski definition) is 2. The van der Waals surface area contributed by atoms with Gasteiger partial charge in [-0.05, 0) is 25.0 Å². The van der Waals surface area contributed by atoms with Crippen molar-refractivity contribution in [1.29, 1.82) is 0 Å². The van der Waals surface area contributed by atoms with Gasteiger partial charge in [0.25, 0.3) is 11.6 Å². The summed E-state index contributed by atoms with van der Waals surface area (Å²) in [6, 6.07) is 4.63. The first-order valence-electron chi connectivity index (χ1n) is 7.21. The molecule has 1 aromatic rings.